The first kappa shape index (κ1) is 11.1. The number of alkyl halides is 2. The van der Waals surface area contributed by atoms with Crippen LogP contribution in [0.25, 0.3) is 0 Å². The van der Waals surface area contributed by atoms with Crippen LogP contribution in [0.15, 0.2) is 6.20 Å². The van der Waals surface area contributed by atoms with Gasteiger partial charge in [0.05, 0.1) is 16.8 Å². The Kier molecular flexibility index (Phi) is 3.23. The Morgan fingerprint density at radius 1 is 1.57 bits per heavy atom. The smallest absolute Gasteiger partial charge is 0.266 e. The number of carbonyl (C=O) groups is 1. The number of nitrogen functional groups attached to an aromatic ring is 1. The van der Waals surface area contributed by atoms with Crippen molar-refractivity contribution >= 4 is 34.1 Å². The first-order valence-corrected chi connectivity index (χ1v) is 4.12. The van der Waals surface area contributed by atoms with Crippen molar-refractivity contribution in [2.75, 3.05) is 5.73 Å². The lowest BCUT2D eigenvalue weighted by atomic mass is 10.1. The summed E-state index contributed by atoms with van der Waals surface area (Å²) in [7, 11) is 0. The first-order valence-electron chi connectivity index (χ1n) is 3.37. The molecule has 0 radical (unpaired) electrons. The molecule has 0 aliphatic carbocycles. The fourth-order valence-corrected chi connectivity index (χ4v) is 1.26. The minimum Gasteiger partial charge on any atom is -0.396 e. The molecule has 0 saturated heterocycles. The highest BCUT2D eigenvalue weighted by molar-refractivity contribution is 6.68. The van der Waals surface area contributed by atoms with E-state index >= 15 is 0 Å². The van der Waals surface area contributed by atoms with Crippen LogP contribution < -0.4 is 5.73 Å². The Morgan fingerprint density at radius 2 is 2.14 bits per heavy atom. The fourth-order valence-electron chi connectivity index (χ4n) is 0.904. The molecule has 1 aromatic rings. The average molecular weight is 241 g/mol. The number of hydrogen-bond acceptors (Lipinski definition) is 3. The number of carbonyl (C=O) groups excluding carboxylic acids is 1. The van der Waals surface area contributed by atoms with Gasteiger partial charge in [0.2, 0.25) is 0 Å². The highest BCUT2D eigenvalue weighted by atomic mass is 35.5. The number of rotatable bonds is 2. The van der Waals surface area contributed by atoms with Gasteiger partial charge in [0.25, 0.3) is 11.7 Å². The molecule has 76 valence electrons. The Hall–Kier alpha value is -0.940. The van der Waals surface area contributed by atoms with Crippen LogP contribution in [-0.2, 0) is 0 Å². The zero-order chi connectivity index (χ0) is 10.9. The van der Waals surface area contributed by atoms with Crippen molar-refractivity contribution in [3.63, 3.8) is 0 Å². The number of hydrogen-bond donors (Lipinski definition) is 1. The van der Waals surface area contributed by atoms with Crippen LogP contribution in [0.5, 0.6) is 0 Å². The third kappa shape index (κ3) is 1.93. The highest BCUT2D eigenvalue weighted by Crippen LogP contribution is 2.31. The van der Waals surface area contributed by atoms with E-state index in [1.807, 2.05) is 0 Å². The minimum absolute atomic E-state index is 0.224. The van der Waals surface area contributed by atoms with E-state index in [-0.39, 0.29) is 10.8 Å². The van der Waals surface area contributed by atoms with E-state index in [1.54, 1.807) is 0 Å². The molecule has 2 N–H and O–H groups in total. The van der Waals surface area contributed by atoms with Gasteiger partial charge in [-0.15, -0.1) is 0 Å². The van der Waals surface area contributed by atoms with Crippen molar-refractivity contribution in [2.24, 2.45) is 0 Å². The molecule has 0 saturated carbocycles. The Bertz CT molecular complexity index is 384. The standard InChI is InChI=1S/C7H4Cl2F2N2O/c8-5-4(12)3(6(9)14)2(1-13-5)7(10)11/h1,7H,12H2. The molecule has 14 heavy (non-hydrogen) atoms. The van der Waals surface area contributed by atoms with Gasteiger partial charge in [-0.1, -0.05) is 11.6 Å². The lowest BCUT2D eigenvalue weighted by Crippen LogP contribution is -2.05. The van der Waals surface area contributed by atoms with Gasteiger partial charge in [-0.25, -0.2) is 13.8 Å². The molecule has 1 aromatic heterocycles. The molecule has 0 unspecified atom stereocenters. The van der Waals surface area contributed by atoms with Gasteiger partial charge in [0, 0.05) is 6.20 Å². The Balaban J connectivity index is 3.45. The number of nitrogens with two attached hydrogens (primary N) is 1. The Labute approximate surface area is 87.8 Å². The summed E-state index contributed by atoms with van der Waals surface area (Å²) in [6.07, 6.45) is -2.10. The van der Waals surface area contributed by atoms with Crippen LogP contribution in [0.4, 0.5) is 14.5 Å². The van der Waals surface area contributed by atoms with E-state index in [2.05, 4.69) is 4.98 Å². The summed E-state index contributed by atoms with van der Waals surface area (Å²) in [4.78, 5) is 14.2. The summed E-state index contributed by atoms with van der Waals surface area (Å²) in [5, 5.41) is -1.31. The topological polar surface area (TPSA) is 56.0 Å². The number of halogens is 4. The monoisotopic (exact) mass is 240 g/mol. The molecule has 0 aromatic carbocycles. The number of aromatic nitrogens is 1. The van der Waals surface area contributed by atoms with E-state index in [1.165, 1.54) is 0 Å². The van der Waals surface area contributed by atoms with E-state index < -0.39 is 22.8 Å². The SMILES string of the molecule is Nc1c(Cl)ncc(C(F)F)c1C(=O)Cl. The molecule has 0 aliphatic heterocycles. The van der Waals surface area contributed by atoms with Crippen molar-refractivity contribution in [1.82, 2.24) is 4.98 Å². The van der Waals surface area contributed by atoms with Crippen molar-refractivity contribution < 1.29 is 13.6 Å². The first-order chi connectivity index (χ1) is 6.45. The van der Waals surface area contributed by atoms with Gasteiger partial charge in [0.15, 0.2) is 5.15 Å². The molecule has 3 nitrogen and oxygen atoms in total. The van der Waals surface area contributed by atoms with Crippen LogP contribution in [-0.4, -0.2) is 10.2 Å². The second-order valence-corrected chi connectivity index (χ2v) is 3.07. The van der Waals surface area contributed by atoms with Crippen LogP contribution in [0, 0.1) is 0 Å². The van der Waals surface area contributed by atoms with Crippen molar-refractivity contribution in [3.8, 4) is 0 Å². The van der Waals surface area contributed by atoms with Crippen molar-refractivity contribution in [2.45, 2.75) is 6.43 Å². The van der Waals surface area contributed by atoms with Crippen LogP contribution in [0.1, 0.15) is 22.3 Å². The summed E-state index contributed by atoms with van der Waals surface area (Å²) in [6, 6.07) is 0. The van der Waals surface area contributed by atoms with Gasteiger partial charge >= 0.3 is 0 Å². The van der Waals surface area contributed by atoms with Crippen molar-refractivity contribution in [1.29, 1.82) is 0 Å². The molecular formula is C7H4Cl2F2N2O. The van der Waals surface area contributed by atoms with Gasteiger partial charge in [-0.3, -0.25) is 4.79 Å². The predicted molar refractivity (Wildman–Crippen MR) is 48.8 cm³/mol. The van der Waals surface area contributed by atoms with Crippen LogP contribution >= 0.6 is 23.2 Å². The van der Waals surface area contributed by atoms with E-state index in [9.17, 15) is 13.6 Å². The quantitative estimate of drug-likeness (QED) is 0.639. The zero-order valence-electron chi connectivity index (χ0n) is 6.60. The summed E-state index contributed by atoms with van der Waals surface area (Å²) in [6.45, 7) is 0. The van der Waals surface area contributed by atoms with Crippen LogP contribution in [0.3, 0.4) is 0 Å². The second-order valence-electron chi connectivity index (χ2n) is 2.37. The molecule has 1 heterocycles. The third-order valence-electron chi connectivity index (χ3n) is 1.53. The molecule has 7 heteroatoms. The number of anilines is 1. The van der Waals surface area contributed by atoms with Gasteiger partial charge < -0.3 is 5.73 Å². The normalized spacial score (nSPS) is 10.6. The minimum atomic E-state index is -2.88. The fraction of sp³-hybridized carbons (Fsp3) is 0.143. The van der Waals surface area contributed by atoms with E-state index in [0.717, 1.165) is 6.20 Å². The largest absolute Gasteiger partial charge is 0.396 e. The van der Waals surface area contributed by atoms with Gasteiger partial charge in [-0.05, 0) is 11.6 Å². The summed E-state index contributed by atoms with van der Waals surface area (Å²) < 4.78 is 24.7. The molecule has 0 bridgehead atoms. The number of pyridine rings is 1. The average Bonchev–Trinajstić information content (AvgIpc) is 2.08. The third-order valence-corrected chi connectivity index (χ3v) is 2.02. The zero-order valence-corrected chi connectivity index (χ0v) is 8.11. The van der Waals surface area contributed by atoms with E-state index in [0.29, 0.717) is 0 Å². The predicted octanol–water partition coefficient (Wildman–Crippen LogP) is 2.63. The summed E-state index contributed by atoms with van der Waals surface area (Å²) in [5.74, 6) is 0. The molecule has 0 amide bonds. The van der Waals surface area contributed by atoms with Crippen molar-refractivity contribution in [3.05, 3.63) is 22.5 Å². The maximum Gasteiger partial charge on any atom is 0.266 e. The molecule has 1 rings (SSSR count). The van der Waals surface area contributed by atoms with Gasteiger partial charge in [0.1, 0.15) is 0 Å². The summed E-state index contributed by atoms with van der Waals surface area (Å²) >= 11 is 10.5. The molecule has 0 aliphatic rings. The maximum absolute atomic E-state index is 12.4. The lowest BCUT2D eigenvalue weighted by molar-refractivity contribution is 0.106. The number of nitrogens with zero attached hydrogens (tertiary/aromatic N) is 1. The van der Waals surface area contributed by atoms with Crippen LogP contribution in [0.2, 0.25) is 5.15 Å². The Morgan fingerprint density at radius 3 is 2.57 bits per heavy atom. The van der Waals surface area contributed by atoms with E-state index in [4.69, 9.17) is 28.9 Å². The maximum atomic E-state index is 12.4. The molecule has 0 spiro atoms. The molecule has 0 atom stereocenters. The lowest BCUT2D eigenvalue weighted by Gasteiger charge is -2.08. The highest BCUT2D eigenvalue weighted by Gasteiger charge is 2.22. The molecule has 0 fully saturated rings. The molecular weight excluding hydrogens is 237 g/mol. The second kappa shape index (κ2) is 4.06. The summed E-state index contributed by atoms with van der Waals surface area (Å²) in [5.41, 5.74) is 3.86. The van der Waals surface area contributed by atoms with Gasteiger partial charge in [-0.2, -0.15) is 0 Å².